The first-order valence-corrected chi connectivity index (χ1v) is 6.84. The van der Waals surface area contributed by atoms with Gasteiger partial charge in [-0.1, -0.05) is 13.3 Å². The molecule has 5 nitrogen and oxygen atoms in total. The minimum atomic E-state index is 0.0133. The van der Waals surface area contributed by atoms with Crippen molar-refractivity contribution in [3.05, 3.63) is 0 Å². The molecule has 0 radical (unpaired) electrons. The molecule has 0 aromatic rings. The van der Waals surface area contributed by atoms with E-state index in [-0.39, 0.29) is 18.1 Å². The molecule has 0 aromatic carbocycles. The second-order valence-electron chi connectivity index (χ2n) is 4.67. The van der Waals surface area contributed by atoms with Crippen LogP contribution in [0.3, 0.4) is 0 Å². The van der Waals surface area contributed by atoms with E-state index in [4.69, 9.17) is 9.47 Å². The second kappa shape index (κ2) is 8.45. The van der Waals surface area contributed by atoms with Gasteiger partial charge in [-0.3, -0.25) is 10.1 Å². The molecule has 106 valence electrons. The van der Waals surface area contributed by atoms with E-state index in [1.54, 1.807) is 7.11 Å². The molecule has 0 saturated carbocycles. The third kappa shape index (κ3) is 4.55. The maximum Gasteiger partial charge on any atom is 0.241 e. The van der Waals surface area contributed by atoms with Gasteiger partial charge in [-0.25, -0.2) is 0 Å². The molecule has 0 aliphatic carbocycles. The van der Waals surface area contributed by atoms with Gasteiger partial charge in [0.25, 0.3) is 0 Å². The molecule has 1 fully saturated rings. The van der Waals surface area contributed by atoms with Crippen LogP contribution in [0.5, 0.6) is 0 Å². The molecule has 1 rings (SSSR count). The lowest BCUT2D eigenvalue weighted by atomic mass is 10.2. The first kappa shape index (κ1) is 15.4. The number of ether oxygens (including phenoxy) is 2. The summed E-state index contributed by atoms with van der Waals surface area (Å²) >= 11 is 0. The molecule has 1 amide bonds. The molecule has 5 heteroatoms. The fourth-order valence-electron chi connectivity index (χ4n) is 2.22. The van der Waals surface area contributed by atoms with Crippen molar-refractivity contribution >= 4 is 5.91 Å². The van der Waals surface area contributed by atoms with Crippen molar-refractivity contribution in [2.75, 3.05) is 33.5 Å². The summed E-state index contributed by atoms with van der Waals surface area (Å²) in [6, 6.07) is 0.0133. The Hall–Kier alpha value is -0.650. The third-order valence-electron chi connectivity index (χ3n) is 3.19. The van der Waals surface area contributed by atoms with Crippen molar-refractivity contribution in [1.29, 1.82) is 0 Å². The fraction of sp³-hybridized carbons (Fsp3) is 0.923. The summed E-state index contributed by atoms with van der Waals surface area (Å²) in [5.41, 5.74) is 0. The lowest BCUT2D eigenvalue weighted by Gasteiger charge is -2.20. The van der Waals surface area contributed by atoms with Gasteiger partial charge in [-0.2, -0.15) is 0 Å². The lowest BCUT2D eigenvalue weighted by Crippen LogP contribution is -2.35. The number of hydrogen-bond acceptors (Lipinski definition) is 4. The molecule has 18 heavy (non-hydrogen) atoms. The Balaban J connectivity index is 2.19. The van der Waals surface area contributed by atoms with Crippen LogP contribution in [0.15, 0.2) is 0 Å². The van der Waals surface area contributed by atoms with Crippen molar-refractivity contribution in [2.45, 2.75) is 45.3 Å². The van der Waals surface area contributed by atoms with E-state index in [1.807, 2.05) is 11.8 Å². The van der Waals surface area contributed by atoms with Gasteiger partial charge in [0.2, 0.25) is 5.91 Å². The molecular weight excluding hydrogens is 232 g/mol. The van der Waals surface area contributed by atoms with Crippen molar-refractivity contribution < 1.29 is 14.3 Å². The Bertz CT molecular complexity index is 248. The zero-order chi connectivity index (χ0) is 13.4. The molecule has 2 unspecified atom stereocenters. The topological polar surface area (TPSA) is 50.8 Å². The normalized spacial score (nSPS) is 23.9. The standard InChI is InChI=1S/C13H26N2O3/c1-4-6-12-13(16)15(11(2)14-12)7-5-8-18-10-9-17-3/h11-12,14H,4-10H2,1-3H3. The molecular formula is C13H26N2O3. The van der Waals surface area contributed by atoms with Gasteiger partial charge in [0.15, 0.2) is 0 Å². The van der Waals surface area contributed by atoms with E-state index in [2.05, 4.69) is 12.2 Å². The second-order valence-corrected chi connectivity index (χ2v) is 4.67. The fourth-order valence-corrected chi connectivity index (χ4v) is 2.22. The zero-order valence-electron chi connectivity index (χ0n) is 11.8. The third-order valence-corrected chi connectivity index (χ3v) is 3.19. The number of methoxy groups -OCH3 is 1. The summed E-state index contributed by atoms with van der Waals surface area (Å²) in [5.74, 6) is 0.237. The van der Waals surface area contributed by atoms with E-state index in [0.29, 0.717) is 19.8 Å². The Morgan fingerprint density at radius 3 is 2.78 bits per heavy atom. The maximum absolute atomic E-state index is 12.1. The smallest absolute Gasteiger partial charge is 0.241 e. The van der Waals surface area contributed by atoms with Crippen molar-refractivity contribution in [1.82, 2.24) is 10.2 Å². The Kier molecular flexibility index (Phi) is 7.23. The monoisotopic (exact) mass is 258 g/mol. The number of carbonyl (C=O) groups is 1. The zero-order valence-corrected chi connectivity index (χ0v) is 11.8. The van der Waals surface area contributed by atoms with Crippen LogP contribution in [0.1, 0.15) is 33.1 Å². The summed E-state index contributed by atoms with van der Waals surface area (Å²) < 4.78 is 10.3. The van der Waals surface area contributed by atoms with E-state index < -0.39 is 0 Å². The SMILES string of the molecule is CCCC1NC(C)N(CCCOCCOC)C1=O. The van der Waals surface area contributed by atoms with Crippen LogP contribution in [0, 0.1) is 0 Å². The van der Waals surface area contributed by atoms with Gasteiger partial charge in [0.1, 0.15) is 0 Å². The number of carbonyl (C=O) groups excluding carboxylic acids is 1. The number of nitrogens with zero attached hydrogens (tertiary/aromatic N) is 1. The van der Waals surface area contributed by atoms with Crippen molar-refractivity contribution in [2.24, 2.45) is 0 Å². The molecule has 1 aliphatic heterocycles. The van der Waals surface area contributed by atoms with Gasteiger partial charge in [-0.15, -0.1) is 0 Å². The molecule has 0 aromatic heterocycles. The van der Waals surface area contributed by atoms with Crippen LogP contribution in [0.4, 0.5) is 0 Å². The van der Waals surface area contributed by atoms with Crippen LogP contribution >= 0.6 is 0 Å². The number of rotatable bonds is 9. The summed E-state index contributed by atoms with van der Waals surface area (Å²) in [5, 5.41) is 3.33. The minimum Gasteiger partial charge on any atom is -0.382 e. The van der Waals surface area contributed by atoms with E-state index in [9.17, 15) is 4.79 Å². The summed E-state index contributed by atoms with van der Waals surface area (Å²) in [7, 11) is 1.66. The van der Waals surface area contributed by atoms with Crippen LogP contribution in [-0.4, -0.2) is 56.5 Å². The quantitative estimate of drug-likeness (QED) is 0.627. The molecule has 1 aliphatic rings. The number of nitrogens with one attached hydrogen (secondary N) is 1. The van der Waals surface area contributed by atoms with Crippen LogP contribution in [0.25, 0.3) is 0 Å². The average molecular weight is 258 g/mol. The average Bonchev–Trinajstić information content (AvgIpc) is 2.61. The first-order valence-electron chi connectivity index (χ1n) is 6.84. The maximum atomic E-state index is 12.1. The largest absolute Gasteiger partial charge is 0.382 e. The van der Waals surface area contributed by atoms with Gasteiger partial charge in [0, 0.05) is 20.3 Å². The molecule has 0 bridgehead atoms. The highest BCUT2D eigenvalue weighted by atomic mass is 16.5. The molecule has 2 atom stereocenters. The van der Waals surface area contributed by atoms with E-state index >= 15 is 0 Å². The Morgan fingerprint density at radius 1 is 1.33 bits per heavy atom. The molecule has 1 N–H and O–H groups in total. The van der Waals surface area contributed by atoms with E-state index in [1.165, 1.54) is 0 Å². The van der Waals surface area contributed by atoms with Crippen molar-refractivity contribution in [3.63, 3.8) is 0 Å². The van der Waals surface area contributed by atoms with Gasteiger partial charge >= 0.3 is 0 Å². The minimum absolute atomic E-state index is 0.0133. The lowest BCUT2D eigenvalue weighted by molar-refractivity contribution is -0.130. The Morgan fingerprint density at radius 2 is 2.11 bits per heavy atom. The molecule has 1 heterocycles. The highest BCUT2D eigenvalue weighted by molar-refractivity contribution is 5.84. The Labute approximate surface area is 110 Å². The molecule has 1 saturated heterocycles. The summed E-state index contributed by atoms with van der Waals surface area (Å²) in [4.78, 5) is 14.0. The van der Waals surface area contributed by atoms with Crippen LogP contribution < -0.4 is 5.32 Å². The summed E-state index contributed by atoms with van der Waals surface area (Å²) in [6.45, 7) is 6.83. The highest BCUT2D eigenvalue weighted by Crippen LogP contribution is 2.14. The van der Waals surface area contributed by atoms with Crippen LogP contribution in [-0.2, 0) is 14.3 Å². The number of hydrogen-bond donors (Lipinski definition) is 1. The first-order chi connectivity index (χ1) is 8.70. The number of amides is 1. The van der Waals surface area contributed by atoms with Crippen LogP contribution in [0.2, 0.25) is 0 Å². The predicted molar refractivity (Wildman–Crippen MR) is 70.3 cm³/mol. The van der Waals surface area contributed by atoms with Gasteiger partial charge < -0.3 is 14.4 Å². The summed E-state index contributed by atoms with van der Waals surface area (Å²) in [6.07, 6.45) is 2.97. The van der Waals surface area contributed by atoms with Gasteiger partial charge in [-0.05, 0) is 19.8 Å². The molecule has 0 spiro atoms. The van der Waals surface area contributed by atoms with Gasteiger partial charge in [0.05, 0.1) is 25.4 Å². The van der Waals surface area contributed by atoms with E-state index in [0.717, 1.165) is 25.8 Å². The van der Waals surface area contributed by atoms with Crippen molar-refractivity contribution in [3.8, 4) is 0 Å². The predicted octanol–water partition coefficient (Wildman–Crippen LogP) is 0.986. The highest BCUT2D eigenvalue weighted by Gasteiger charge is 2.34.